The maximum absolute atomic E-state index is 14.4. The monoisotopic (exact) mass is 378 g/mol. The van der Waals surface area contributed by atoms with E-state index < -0.39 is 5.67 Å². The molecule has 0 N–H and O–H groups in total. The largest absolute Gasteiger partial charge is 0.494 e. The molecule has 2 fully saturated rings. The Morgan fingerprint density at radius 1 is 1.00 bits per heavy atom. The van der Waals surface area contributed by atoms with Crippen LogP contribution in [0, 0.1) is 5.92 Å². The second-order valence-electron chi connectivity index (χ2n) is 8.25. The number of alkyl halides is 1. The highest BCUT2D eigenvalue weighted by molar-refractivity contribution is 5.29. The molecule has 0 amide bonds. The van der Waals surface area contributed by atoms with Gasteiger partial charge in [-0.25, -0.2) is 4.39 Å². The van der Waals surface area contributed by atoms with E-state index in [-0.39, 0.29) is 19.5 Å². The summed E-state index contributed by atoms with van der Waals surface area (Å²) >= 11 is 0. The zero-order chi connectivity index (χ0) is 19.1. The van der Waals surface area contributed by atoms with Gasteiger partial charge in [-0.3, -0.25) is 0 Å². The van der Waals surface area contributed by atoms with Gasteiger partial charge in [0.2, 0.25) is 0 Å². The molecule has 3 rings (SSSR count). The fourth-order valence-corrected chi connectivity index (χ4v) is 4.49. The van der Waals surface area contributed by atoms with Gasteiger partial charge in [-0.05, 0) is 81.4 Å². The van der Waals surface area contributed by atoms with Crippen molar-refractivity contribution in [2.45, 2.75) is 83.1 Å². The lowest BCUT2D eigenvalue weighted by atomic mass is 9.77. The summed E-state index contributed by atoms with van der Waals surface area (Å²) in [6, 6.07) is 8.62. The van der Waals surface area contributed by atoms with Crippen molar-refractivity contribution in [3.63, 3.8) is 0 Å². The van der Waals surface area contributed by atoms with Crippen molar-refractivity contribution in [1.29, 1.82) is 0 Å². The lowest BCUT2D eigenvalue weighted by molar-refractivity contribution is -0.237. The van der Waals surface area contributed by atoms with Gasteiger partial charge in [0.15, 0.2) is 12.0 Å². The molecule has 3 nitrogen and oxygen atoms in total. The number of halogens is 1. The third kappa shape index (κ3) is 5.92. The Hall–Kier alpha value is -1.13. The molecule has 4 heteroatoms. The second-order valence-corrected chi connectivity index (χ2v) is 8.25. The van der Waals surface area contributed by atoms with Crippen LogP contribution in [0.25, 0.3) is 0 Å². The van der Waals surface area contributed by atoms with E-state index in [2.05, 4.69) is 24.3 Å². The predicted molar refractivity (Wildman–Crippen MR) is 106 cm³/mol. The molecule has 0 spiro atoms. The van der Waals surface area contributed by atoms with Crippen LogP contribution in [-0.4, -0.2) is 31.8 Å². The summed E-state index contributed by atoms with van der Waals surface area (Å²) in [5, 5.41) is 0. The number of hydrogen-bond donors (Lipinski definition) is 0. The minimum absolute atomic E-state index is 0.190. The van der Waals surface area contributed by atoms with Crippen LogP contribution in [0.1, 0.15) is 76.7 Å². The molecule has 2 aliphatic rings. The molecule has 0 bridgehead atoms. The predicted octanol–water partition coefficient (Wildman–Crippen LogP) is 6.02. The van der Waals surface area contributed by atoms with E-state index in [4.69, 9.17) is 14.2 Å². The topological polar surface area (TPSA) is 27.7 Å². The highest BCUT2D eigenvalue weighted by Crippen LogP contribution is 2.38. The van der Waals surface area contributed by atoms with Gasteiger partial charge in [-0.1, -0.05) is 25.5 Å². The molecule has 0 unspecified atom stereocenters. The van der Waals surface area contributed by atoms with Crippen molar-refractivity contribution in [2.75, 3.05) is 19.8 Å². The Balaban J connectivity index is 1.36. The number of benzene rings is 1. The van der Waals surface area contributed by atoms with Gasteiger partial charge in [0, 0.05) is 0 Å². The first-order valence-electron chi connectivity index (χ1n) is 10.8. The quantitative estimate of drug-likeness (QED) is 0.553. The lowest BCUT2D eigenvalue weighted by Crippen LogP contribution is -2.44. The van der Waals surface area contributed by atoms with Gasteiger partial charge in [-0.15, -0.1) is 0 Å². The normalized spacial score (nSPS) is 31.6. The molecule has 1 aromatic rings. The Morgan fingerprint density at radius 2 is 1.67 bits per heavy atom. The van der Waals surface area contributed by atoms with Crippen molar-refractivity contribution in [3.05, 3.63) is 29.8 Å². The van der Waals surface area contributed by atoms with E-state index in [0.717, 1.165) is 30.9 Å². The zero-order valence-corrected chi connectivity index (χ0v) is 16.9. The van der Waals surface area contributed by atoms with Crippen LogP contribution >= 0.6 is 0 Å². The van der Waals surface area contributed by atoms with Crippen molar-refractivity contribution >= 4 is 0 Å². The van der Waals surface area contributed by atoms with Crippen LogP contribution in [0.3, 0.4) is 0 Å². The zero-order valence-electron chi connectivity index (χ0n) is 16.9. The minimum atomic E-state index is -1.28. The summed E-state index contributed by atoms with van der Waals surface area (Å²) < 4.78 is 31.2. The third-order valence-corrected chi connectivity index (χ3v) is 6.07. The first kappa shape index (κ1) is 20.6. The van der Waals surface area contributed by atoms with Gasteiger partial charge >= 0.3 is 0 Å². The molecular weight excluding hydrogens is 343 g/mol. The second kappa shape index (κ2) is 9.88. The Bertz CT molecular complexity index is 543. The molecule has 0 radical (unpaired) electrons. The first-order chi connectivity index (χ1) is 13.1. The van der Waals surface area contributed by atoms with Crippen molar-refractivity contribution < 1.29 is 18.6 Å². The molecule has 0 atom stereocenters. The molecule has 152 valence electrons. The van der Waals surface area contributed by atoms with Crippen LogP contribution in [0.5, 0.6) is 5.75 Å². The van der Waals surface area contributed by atoms with Crippen LogP contribution in [0.15, 0.2) is 24.3 Å². The Morgan fingerprint density at radius 3 is 2.26 bits per heavy atom. The minimum Gasteiger partial charge on any atom is -0.494 e. The summed E-state index contributed by atoms with van der Waals surface area (Å²) in [5.74, 6) is 2.36. The number of ether oxygens (including phenoxy) is 3. The van der Waals surface area contributed by atoms with Crippen molar-refractivity contribution in [1.82, 2.24) is 0 Å². The van der Waals surface area contributed by atoms with Crippen LogP contribution in [0.4, 0.5) is 4.39 Å². The van der Waals surface area contributed by atoms with Crippen molar-refractivity contribution in [3.8, 4) is 5.75 Å². The lowest BCUT2D eigenvalue weighted by Gasteiger charge is -2.35. The molecular formula is C23H35FO3. The maximum Gasteiger partial charge on any atom is 0.157 e. The van der Waals surface area contributed by atoms with Gasteiger partial charge in [0.25, 0.3) is 0 Å². The van der Waals surface area contributed by atoms with E-state index in [1.54, 1.807) is 0 Å². The summed E-state index contributed by atoms with van der Waals surface area (Å²) in [5.41, 5.74) is 0.159. The average molecular weight is 379 g/mol. The van der Waals surface area contributed by atoms with Crippen LogP contribution < -0.4 is 4.74 Å². The van der Waals surface area contributed by atoms with Crippen LogP contribution in [-0.2, 0) is 9.47 Å². The van der Waals surface area contributed by atoms with E-state index in [0.29, 0.717) is 18.9 Å². The molecule has 0 aromatic heterocycles. The van der Waals surface area contributed by atoms with Crippen molar-refractivity contribution in [2.24, 2.45) is 5.92 Å². The molecule has 1 saturated carbocycles. The first-order valence-corrected chi connectivity index (χ1v) is 10.8. The summed E-state index contributed by atoms with van der Waals surface area (Å²) in [6.07, 6.45) is 8.15. The van der Waals surface area contributed by atoms with E-state index in [9.17, 15) is 4.39 Å². The van der Waals surface area contributed by atoms with Gasteiger partial charge in [0.1, 0.15) is 5.75 Å². The summed E-state index contributed by atoms with van der Waals surface area (Å²) in [6.45, 7) is 5.10. The molecule has 1 aromatic carbocycles. The fourth-order valence-electron chi connectivity index (χ4n) is 4.49. The van der Waals surface area contributed by atoms with Crippen LogP contribution in [0.2, 0.25) is 0 Å². The number of hydrogen-bond acceptors (Lipinski definition) is 3. The molecule has 1 heterocycles. The molecule has 1 aliphatic heterocycles. The molecule has 1 aliphatic carbocycles. The molecule has 1 saturated heterocycles. The van der Waals surface area contributed by atoms with Gasteiger partial charge in [-0.2, -0.15) is 0 Å². The Labute approximate surface area is 163 Å². The van der Waals surface area contributed by atoms with Gasteiger partial charge < -0.3 is 14.2 Å². The smallest absolute Gasteiger partial charge is 0.157 e. The number of rotatable bonds is 8. The Kier molecular flexibility index (Phi) is 7.54. The summed E-state index contributed by atoms with van der Waals surface area (Å²) in [7, 11) is 0. The average Bonchev–Trinajstić information content (AvgIpc) is 2.69. The van der Waals surface area contributed by atoms with E-state index >= 15 is 0 Å². The highest BCUT2D eigenvalue weighted by Gasteiger charge is 2.36. The standard InChI is InChI=1S/C23H35FO3/c1-3-15-23(24)16-26-22(27-17-23)14-7-18-5-8-19(9-6-18)20-10-12-21(13-11-20)25-4-2/h10-13,18-19,22H,3-9,14-17H2,1-2H3. The molecule has 27 heavy (non-hydrogen) atoms. The summed E-state index contributed by atoms with van der Waals surface area (Å²) in [4.78, 5) is 0. The van der Waals surface area contributed by atoms with E-state index in [1.165, 1.54) is 31.2 Å². The SMILES string of the molecule is CCCC1(F)COC(CCC2CCC(c3ccc(OCC)cc3)CC2)OC1. The maximum atomic E-state index is 14.4. The third-order valence-electron chi connectivity index (χ3n) is 6.07. The van der Waals surface area contributed by atoms with E-state index in [1.807, 2.05) is 13.8 Å². The van der Waals surface area contributed by atoms with Gasteiger partial charge in [0.05, 0.1) is 19.8 Å². The highest BCUT2D eigenvalue weighted by atomic mass is 19.1. The fraction of sp³-hybridized carbons (Fsp3) is 0.739.